The van der Waals surface area contributed by atoms with Gasteiger partial charge in [0.05, 0.1) is 5.56 Å². The topological polar surface area (TPSA) is 12.0 Å². The third-order valence-electron chi connectivity index (χ3n) is 6.01. The zero-order valence-corrected chi connectivity index (χ0v) is 17.3. The van der Waals surface area contributed by atoms with Gasteiger partial charge in [0.25, 0.3) is 0 Å². The molecule has 30 heavy (non-hydrogen) atoms. The van der Waals surface area contributed by atoms with E-state index in [1.807, 2.05) is 0 Å². The van der Waals surface area contributed by atoms with Crippen LogP contribution in [-0.2, 0) is 19.0 Å². The van der Waals surface area contributed by atoms with E-state index in [0.29, 0.717) is 6.42 Å². The molecule has 1 aliphatic carbocycles. The lowest BCUT2D eigenvalue weighted by atomic mass is 9.96. The lowest BCUT2D eigenvalue weighted by Crippen LogP contribution is -2.30. The molecule has 2 atom stereocenters. The summed E-state index contributed by atoms with van der Waals surface area (Å²) in [4.78, 5) is 0. The lowest BCUT2D eigenvalue weighted by Gasteiger charge is -2.23. The Balaban J connectivity index is 1.41. The highest BCUT2D eigenvalue weighted by molar-refractivity contribution is 5.78. The molecule has 0 heterocycles. The van der Waals surface area contributed by atoms with Crippen LogP contribution in [0.3, 0.4) is 0 Å². The van der Waals surface area contributed by atoms with Crippen molar-refractivity contribution in [3.8, 4) is 11.1 Å². The fraction of sp³-hybridized carbons (Fsp3) is 0.308. The van der Waals surface area contributed by atoms with Gasteiger partial charge in [0.1, 0.15) is 0 Å². The highest BCUT2D eigenvalue weighted by atomic mass is 19.4. The lowest BCUT2D eigenvalue weighted by molar-refractivity contribution is -0.137. The Kier molecular flexibility index (Phi) is 5.70. The molecule has 0 aliphatic heterocycles. The summed E-state index contributed by atoms with van der Waals surface area (Å²) in [6, 6.07) is 21.0. The molecule has 1 nitrogen and oxygen atoms in total. The Bertz CT molecular complexity index is 1040. The van der Waals surface area contributed by atoms with Crippen LogP contribution in [0.1, 0.15) is 54.1 Å². The van der Waals surface area contributed by atoms with Crippen LogP contribution in [0, 0.1) is 0 Å². The number of hydrogen-bond acceptors (Lipinski definition) is 1. The first kappa shape index (κ1) is 20.7. The van der Waals surface area contributed by atoms with Crippen LogP contribution in [0.15, 0.2) is 66.7 Å². The molecule has 0 amide bonds. The minimum atomic E-state index is -4.29. The number of alkyl halides is 3. The summed E-state index contributed by atoms with van der Waals surface area (Å²) in [6.45, 7) is 4.27. The maximum atomic E-state index is 12.9. The van der Waals surface area contributed by atoms with Crippen LogP contribution in [0.5, 0.6) is 0 Å². The van der Waals surface area contributed by atoms with E-state index >= 15 is 0 Å². The SMILES string of the molecule is C[C@H](CCc1cccc(C(F)(F)F)c1)N[C@H](C)c1cccc2c1Cc1ccccc1-2. The summed E-state index contributed by atoms with van der Waals surface area (Å²) in [7, 11) is 0. The maximum absolute atomic E-state index is 12.9. The monoisotopic (exact) mass is 409 g/mol. The molecule has 1 N–H and O–H groups in total. The van der Waals surface area contributed by atoms with E-state index in [2.05, 4.69) is 61.6 Å². The molecule has 0 unspecified atom stereocenters. The number of aryl methyl sites for hydroxylation is 1. The Labute approximate surface area is 176 Å². The van der Waals surface area contributed by atoms with Gasteiger partial charge in [-0.3, -0.25) is 0 Å². The molecular weight excluding hydrogens is 383 g/mol. The molecule has 0 bridgehead atoms. The molecule has 0 spiro atoms. The zero-order valence-electron chi connectivity index (χ0n) is 17.3. The summed E-state index contributed by atoms with van der Waals surface area (Å²) in [5, 5.41) is 3.65. The summed E-state index contributed by atoms with van der Waals surface area (Å²) >= 11 is 0. The number of nitrogens with one attached hydrogen (secondary N) is 1. The van der Waals surface area contributed by atoms with Crippen molar-refractivity contribution in [2.24, 2.45) is 0 Å². The molecule has 0 saturated carbocycles. The van der Waals surface area contributed by atoms with Gasteiger partial charge in [-0.1, -0.05) is 60.7 Å². The van der Waals surface area contributed by atoms with Crippen LogP contribution in [0.2, 0.25) is 0 Å². The summed E-state index contributed by atoms with van der Waals surface area (Å²) in [6.07, 6.45) is -1.95. The van der Waals surface area contributed by atoms with Crippen molar-refractivity contribution in [3.05, 3.63) is 94.5 Å². The fourth-order valence-electron chi connectivity index (χ4n) is 4.47. The average molecular weight is 409 g/mol. The summed E-state index contributed by atoms with van der Waals surface area (Å²) in [5.74, 6) is 0. The van der Waals surface area contributed by atoms with Crippen LogP contribution in [0.4, 0.5) is 13.2 Å². The van der Waals surface area contributed by atoms with Crippen molar-refractivity contribution in [2.75, 3.05) is 0 Å². The van der Waals surface area contributed by atoms with E-state index < -0.39 is 11.7 Å². The predicted octanol–water partition coefficient (Wildman–Crippen LogP) is 6.95. The molecule has 156 valence electrons. The van der Waals surface area contributed by atoms with E-state index in [4.69, 9.17) is 0 Å². The minimum absolute atomic E-state index is 0.172. The van der Waals surface area contributed by atoms with Crippen LogP contribution in [0.25, 0.3) is 11.1 Å². The maximum Gasteiger partial charge on any atom is 0.416 e. The van der Waals surface area contributed by atoms with E-state index in [1.165, 1.54) is 39.9 Å². The van der Waals surface area contributed by atoms with Gasteiger partial charge < -0.3 is 5.32 Å². The van der Waals surface area contributed by atoms with Gasteiger partial charge in [-0.05, 0) is 72.6 Å². The quantitative estimate of drug-likeness (QED) is 0.363. The first-order chi connectivity index (χ1) is 14.3. The van der Waals surface area contributed by atoms with Gasteiger partial charge in [-0.25, -0.2) is 0 Å². The first-order valence-corrected chi connectivity index (χ1v) is 10.4. The Hall–Kier alpha value is -2.59. The highest BCUT2D eigenvalue weighted by Crippen LogP contribution is 2.39. The third-order valence-corrected chi connectivity index (χ3v) is 6.01. The first-order valence-electron chi connectivity index (χ1n) is 10.4. The van der Waals surface area contributed by atoms with Crippen LogP contribution < -0.4 is 5.32 Å². The second-order valence-electron chi connectivity index (χ2n) is 8.23. The second kappa shape index (κ2) is 8.27. The fourth-order valence-corrected chi connectivity index (χ4v) is 4.47. The number of halogens is 3. The average Bonchev–Trinajstić information content (AvgIpc) is 3.10. The summed E-state index contributed by atoms with van der Waals surface area (Å²) < 4.78 is 38.8. The minimum Gasteiger partial charge on any atom is -0.308 e. The Morgan fingerprint density at radius 3 is 2.43 bits per heavy atom. The van der Waals surface area contributed by atoms with Gasteiger partial charge in [0.2, 0.25) is 0 Å². The number of fused-ring (bicyclic) bond motifs is 3. The Morgan fingerprint density at radius 2 is 1.63 bits per heavy atom. The summed E-state index contributed by atoms with van der Waals surface area (Å²) in [5.41, 5.74) is 6.83. The van der Waals surface area contributed by atoms with Gasteiger partial charge in [-0.15, -0.1) is 0 Å². The molecule has 0 fully saturated rings. The standard InChI is InChI=1S/C26H26F3N/c1-17(13-14-19-7-5-9-21(15-19)26(27,28)29)30-18(2)22-11-6-12-24-23-10-4-3-8-20(23)16-25(22)24/h3-12,15,17-18,30H,13-14,16H2,1-2H3/t17-,18-/m1/s1. The smallest absolute Gasteiger partial charge is 0.308 e. The molecule has 0 radical (unpaired) electrons. The number of rotatable bonds is 6. The van der Waals surface area contributed by atoms with Crippen molar-refractivity contribution in [1.82, 2.24) is 5.32 Å². The molecule has 4 rings (SSSR count). The van der Waals surface area contributed by atoms with E-state index in [0.717, 1.165) is 24.5 Å². The van der Waals surface area contributed by atoms with E-state index in [9.17, 15) is 13.2 Å². The van der Waals surface area contributed by atoms with Gasteiger partial charge in [0, 0.05) is 12.1 Å². The van der Waals surface area contributed by atoms with E-state index in [1.54, 1.807) is 6.07 Å². The second-order valence-corrected chi connectivity index (χ2v) is 8.23. The van der Waals surface area contributed by atoms with Gasteiger partial charge in [-0.2, -0.15) is 13.2 Å². The highest BCUT2D eigenvalue weighted by Gasteiger charge is 2.30. The van der Waals surface area contributed by atoms with Gasteiger partial charge >= 0.3 is 6.18 Å². The van der Waals surface area contributed by atoms with Crippen LogP contribution in [-0.4, -0.2) is 6.04 Å². The zero-order chi connectivity index (χ0) is 21.3. The number of hydrogen-bond donors (Lipinski definition) is 1. The molecule has 4 heteroatoms. The third kappa shape index (κ3) is 4.29. The molecule has 0 saturated heterocycles. The normalized spacial score (nSPS) is 14.8. The van der Waals surface area contributed by atoms with Crippen molar-refractivity contribution in [1.29, 1.82) is 0 Å². The molecule has 0 aromatic heterocycles. The van der Waals surface area contributed by atoms with Gasteiger partial charge in [0.15, 0.2) is 0 Å². The van der Waals surface area contributed by atoms with Crippen molar-refractivity contribution >= 4 is 0 Å². The molecule has 3 aromatic carbocycles. The largest absolute Gasteiger partial charge is 0.416 e. The van der Waals surface area contributed by atoms with Crippen LogP contribution >= 0.6 is 0 Å². The van der Waals surface area contributed by atoms with Crippen molar-refractivity contribution < 1.29 is 13.2 Å². The molecule has 1 aliphatic rings. The predicted molar refractivity (Wildman–Crippen MR) is 115 cm³/mol. The van der Waals surface area contributed by atoms with Crippen molar-refractivity contribution in [3.63, 3.8) is 0 Å². The number of benzene rings is 3. The van der Waals surface area contributed by atoms with E-state index in [-0.39, 0.29) is 12.1 Å². The molecule has 3 aromatic rings. The van der Waals surface area contributed by atoms with Crippen molar-refractivity contribution in [2.45, 2.75) is 51.4 Å². The Morgan fingerprint density at radius 1 is 0.900 bits per heavy atom. The molecular formula is C26H26F3N.